The molecule has 0 aliphatic carbocycles. The Morgan fingerprint density at radius 3 is 2.35 bits per heavy atom. The first-order valence-electron chi connectivity index (χ1n) is 8.06. The second-order valence-corrected chi connectivity index (χ2v) is 6.62. The average Bonchev–Trinajstić information content (AvgIpc) is 2.34. The highest BCUT2D eigenvalue weighted by atomic mass is 16.3. The van der Waals surface area contributed by atoms with E-state index in [-0.39, 0.29) is 6.61 Å². The molecule has 0 aromatic heterocycles. The summed E-state index contributed by atoms with van der Waals surface area (Å²) in [5.41, 5.74) is 0.339. The number of rotatable bonds is 9. The summed E-state index contributed by atoms with van der Waals surface area (Å²) in [6.45, 7) is 13.9. The van der Waals surface area contributed by atoms with Crippen LogP contribution in [0.4, 0.5) is 0 Å². The summed E-state index contributed by atoms with van der Waals surface area (Å²) in [7, 11) is 0. The van der Waals surface area contributed by atoms with Gasteiger partial charge in [0.05, 0.1) is 0 Å². The number of nitrogens with zero attached hydrogens (tertiary/aromatic N) is 1. The predicted octanol–water partition coefficient (Wildman–Crippen LogP) is 2.78. The van der Waals surface area contributed by atoms with E-state index in [0.29, 0.717) is 11.3 Å². The topological polar surface area (TPSA) is 56.7 Å². The Bertz CT molecular complexity index is 253. The van der Waals surface area contributed by atoms with Gasteiger partial charge in [0.1, 0.15) is 0 Å². The van der Waals surface area contributed by atoms with Crippen LogP contribution in [0.5, 0.6) is 0 Å². The van der Waals surface area contributed by atoms with Crippen LogP contribution in [0.2, 0.25) is 0 Å². The van der Waals surface area contributed by atoms with Crippen molar-refractivity contribution in [3.05, 3.63) is 0 Å². The summed E-state index contributed by atoms with van der Waals surface area (Å²) < 4.78 is 0. The van der Waals surface area contributed by atoms with E-state index in [4.69, 9.17) is 5.11 Å². The zero-order valence-corrected chi connectivity index (χ0v) is 14.1. The summed E-state index contributed by atoms with van der Waals surface area (Å²) in [4.78, 5) is 4.65. The molecular weight excluding hydrogens is 250 g/mol. The average molecular weight is 285 g/mol. The lowest BCUT2D eigenvalue weighted by atomic mass is 9.92. The Hall–Kier alpha value is -0.770. The lowest BCUT2D eigenvalue weighted by Crippen LogP contribution is -2.39. The first-order valence-corrected chi connectivity index (χ1v) is 8.06. The molecule has 120 valence electrons. The third kappa shape index (κ3) is 11.1. The molecule has 0 aromatic carbocycles. The van der Waals surface area contributed by atoms with E-state index < -0.39 is 0 Å². The van der Waals surface area contributed by atoms with Crippen molar-refractivity contribution in [1.29, 1.82) is 0 Å². The second-order valence-electron chi connectivity index (χ2n) is 6.62. The molecule has 0 aromatic rings. The lowest BCUT2D eigenvalue weighted by molar-refractivity contribution is 0.253. The SMILES string of the molecule is CCCC(CCO)CN=C(NCC)NCCC(C)(C)C. The molecule has 0 spiro atoms. The number of aliphatic hydroxyl groups is 1. The molecular formula is C16H35N3O. The van der Waals surface area contributed by atoms with Crippen molar-refractivity contribution < 1.29 is 5.11 Å². The van der Waals surface area contributed by atoms with Gasteiger partial charge in [-0.05, 0) is 37.5 Å². The molecule has 4 nitrogen and oxygen atoms in total. The quantitative estimate of drug-likeness (QED) is 0.451. The van der Waals surface area contributed by atoms with Gasteiger partial charge in [-0.15, -0.1) is 0 Å². The number of hydrogen-bond donors (Lipinski definition) is 3. The largest absolute Gasteiger partial charge is 0.396 e. The molecule has 3 N–H and O–H groups in total. The van der Waals surface area contributed by atoms with Gasteiger partial charge in [-0.1, -0.05) is 34.1 Å². The third-order valence-electron chi connectivity index (χ3n) is 3.25. The van der Waals surface area contributed by atoms with Crippen molar-refractivity contribution in [2.24, 2.45) is 16.3 Å². The molecule has 0 saturated heterocycles. The predicted molar refractivity (Wildman–Crippen MR) is 88.2 cm³/mol. The lowest BCUT2D eigenvalue weighted by Gasteiger charge is -2.20. The third-order valence-corrected chi connectivity index (χ3v) is 3.25. The Labute approximate surface area is 125 Å². The zero-order chi connectivity index (χ0) is 15.4. The smallest absolute Gasteiger partial charge is 0.191 e. The van der Waals surface area contributed by atoms with Gasteiger partial charge in [0.2, 0.25) is 0 Å². The molecule has 4 heteroatoms. The Morgan fingerprint density at radius 2 is 1.85 bits per heavy atom. The standard InChI is InChI=1S/C16H35N3O/c1-6-8-14(9-12-20)13-19-15(17-7-2)18-11-10-16(3,4)5/h14,20H,6-13H2,1-5H3,(H2,17,18,19). The van der Waals surface area contributed by atoms with Gasteiger partial charge in [0.15, 0.2) is 5.96 Å². The first kappa shape index (κ1) is 19.2. The fraction of sp³-hybridized carbons (Fsp3) is 0.938. The molecule has 0 heterocycles. The van der Waals surface area contributed by atoms with Gasteiger partial charge >= 0.3 is 0 Å². The van der Waals surface area contributed by atoms with Crippen molar-refractivity contribution >= 4 is 5.96 Å². The highest BCUT2D eigenvalue weighted by Gasteiger charge is 2.10. The maximum absolute atomic E-state index is 9.08. The van der Waals surface area contributed by atoms with E-state index in [1.807, 2.05) is 0 Å². The summed E-state index contributed by atoms with van der Waals surface area (Å²) in [6, 6.07) is 0. The molecule has 0 bridgehead atoms. The van der Waals surface area contributed by atoms with Crippen LogP contribution in [-0.4, -0.2) is 37.3 Å². The minimum absolute atomic E-state index is 0.258. The van der Waals surface area contributed by atoms with Gasteiger partial charge in [-0.2, -0.15) is 0 Å². The number of aliphatic imine (C=N–C) groups is 1. The van der Waals surface area contributed by atoms with Gasteiger partial charge in [0.25, 0.3) is 0 Å². The van der Waals surface area contributed by atoms with E-state index in [2.05, 4.69) is 50.2 Å². The molecule has 20 heavy (non-hydrogen) atoms. The van der Waals surface area contributed by atoms with Crippen molar-refractivity contribution in [2.75, 3.05) is 26.2 Å². The molecule has 0 aliphatic heterocycles. The fourth-order valence-corrected chi connectivity index (χ4v) is 2.04. The molecule has 0 amide bonds. The summed E-state index contributed by atoms with van der Waals surface area (Å²) in [6.07, 6.45) is 4.24. The van der Waals surface area contributed by atoms with Gasteiger partial charge in [-0.3, -0.25) is 4.99 Å². The summed E-state index contributed by atoms with van der Waals surface area (Å²) in [5.74, 6) is 1.39. The second kappa shape index (κ2) is 11.0. The minimum Gasteiger partial charge on any atom is -0.396 e. The van der Waals surface area contributed by atoms with Crippen LogP contribution in [0.3, 0.4) is 0 Å². The highest BCUT2D eigenvalue weighted by molar-refractivity contribution is 5.79. The summed E-state index contributed by atoms with van der Waals surface area (Å²) >= 11 is 0. The molecule has 0 aliphatic rings. The number of aliphatic hydroxyl groups excluding tert-OH is 1. The van der Waals surface area contributed by atoms with Gasteiger partial charge in [-0.25, -0.2) is 0 Å². The fourth-order valence-electron chi connectivity index (χ4n) is 2.04. The Morgan fingerprint density at radius 1 is 1.15 bits per heavy atom. The van der Waals surface area contributed by atoms with Crippen molar-refractivity contribution in [3.63, 3.8) is 0 Å². The van der Waals surface area contributed by atoms with Crippen LogP contribution in [-0.2, 0) is 0 Å². The van der Waals surface area contributed by atoms with Crippen LogP contribution >= 0.6 is 0 Å². The Kier molecular flexibility index (Phi) is 10.5. The van der Waals surface area contributed by atoms with Crippen molar-refractivity contribution in [3.8, 4) is 0 Å². The molecule has 1 unspecified atom stereocenters. The highest BCUT2D eigenvalue weighted by Crippen LogP contribution is 2.16. The molecule has 0 fully saturated rings. The first-order chi connectivity index (χ1) is 9.42. The van der Waals surface area contributed by atoms with Crippen LogP contribution < -0.4 is 10.6 Å². The normalized spacial score (nSPS) is 14.2. The molecule has 0 saturated carbocycles. The van der Waals surface area contributed by atoms with E-state index in [1.54, 1.807) is 0 Å². The van der Waals surface area contributed by atoms with E-state index >= 15 is 0 Å². The van der Waals surface area contributed by atoms with Crippen LogP contribution in [0.25, 0.3) is 0 Å². The molecule has 0 radical (unpaired) electrons. The maximum Gasteiger partial charge on any atom is 0.191 e. The number of guanidine groups is 1. The maximum atomic E-state index is 9.08. The molecule has 0 rings (SSSR count). The minimum atomic E-state index is 0.258. The number of hydrogen-bond acceptors (Lipinski definition) is 2. The van der Waals surface area contributed by atoms with E-state index in [0.717, 1.165) is 51.3 Å². The monoisotopic (exact) mass is 285 g/mol. The van der Waals surface area contributed by atoms with Crippen molar-refractivity contribution in [1.82, 2.24) is 10.6 Å². The van der Waals surface area contributed by atoms with E-state index in [1.165, 1.54) is 0 Å². The van der Waals surface area contributed by atoms with Crippen LogP contribution in [0, 0.1) is 11.3 Å². The van der Waals surface area contributed by atoms with Crippen LogP contribution in [0.15, 0.2) is 4.99 Å². The van der Waals surface area contributed by atoms with Gasteiger partial charge < -0.3 is 15.7 Å². The van der Waals surface area contributed by atoms with Crippen LogP contribution in [0.1, 0.15) is 60.3 Å². The zero-order valence-electron chi connectivity index (χ0n) is 14.1. The Balaban J connectivity index is 4.29. The summed E-state index contributed by atoms with van der Waals surface area (Å²) in [5, 5.41) is 15.8. The van der Waals surface area contributed by atoms with Gasteiger partial charge in [0, 0.05) is 26.2 Å². The number of nitrogens with one attached hydrogen (secondary N) is 2. The van der Waals surface area contributed by atoms with E-state index in [9.17, 15) is 0 Å². The van der Waals surface area contributed by atoms with Crippen molar-refractivity contribution in [2.45, 2.75) is 60.3 Å². The molecule has 1 atom stereocenters.